The van der Waals surface area contributed by atoms with Crippen LogP contribution < -0.4 is 19.6 Å². The second-order valence-electron chi connectivity index (χ2n) is 11.3. The predicted molar refractivity (Wildman–Crippen MR) is 167 cm³/mol. The van der Waals surface area contributed by atoms with Crippen LogP contribution in [0.5, 0.6) is 0 Å². The lowest BCUT2D eigenvalue weighted by atomic mass is 9.77. The Hall–Kier alpha value is -4.84. The smallest absolute Gasteiger partial charge is 0.161 e. The molecule has 202 valence electrons. The summed E-state index contributed by atoms with van der Waals surface area (Å²) in [5.41, 5.74) is 9.80. The molecule has 0 saturated heterocycles. The van der Waals surface area contributed by atoms with Crippen molar-refractivity contribution < 1.29 is 0 Å². The zero-order chi connectivity index (χ0) is 27.7. The summed E-state index contributed by atoms with van der Waals surface area (Å²) in [5.74, 6) is 1.38. The summed E-state index contributed by atoms with van der Waals surface area (Å²) in [7, 11) is 2.21. The molecule has 0 radical (unpaired) electrons. The molecular formula is C35H32N6. The lowest BCUT2D eigenvalue weighted by Crippen LogP contribution is -2.59. The van der Waals surface area contributed by atoms with E-state index in [4.69, 9.17) is 4.98 Å². The van der Waals surface area contributed by atoms with E-state index in [1.54, 1.807) is 6.33 Å². The molecule has 6 nitrogen and oxygen atoms in total. The van der Waals surface area contributed by atoms with Gasteiger partial charge in [-0.15, -0.1) is 0 Å². The van der Waals surface area contributed by atoms with Gasteiger partial charge in [0.25, 0.3) is 0 Å². The highest BCUT2D eigenvalue weighted by atomic mass is 15.5. The van der Waals surface area contributed by atoms with E-state index < -0.39 is 0 Å². The van der Waals surface area contributed by atoms with Crippen LogP contribution >= 0.6 is 0 Å². The van der Waals surface area contributed by atoms with Gasteiger partial charge in [-0.3, -0.25) is 0 Å². The third-order valence-electron chi connectivity index (χ3n) is 9.23. The molecule has 4 heterocycles. The highest BCUT2D eigenvalue weighted by Gasteiger charge is 2.55. The van der Waals surface area contributed by atoms with Gasteiger partial charge in [-0.05, 0) is 60.4 Å². The van der Waals surface area contributed by atoms with E-state index >= 15 is 0 Å². The van der Waals surface area contributed by atoms with Gasteiger partial charge in [0, 0.05) is 30.0 Å². The number of hydrogen-bond acceptors (Lipinski definition) is 6. The lowest BCUT2D eigenvalue weighted by molar-refractivity contribution is 0.298. The quantitative estimate of drug-likeness (QED) is 0.235. The molecule has 1 aromatic heterocycles. The Morgan fingerprint density at radius 1 is 0.610 bits per heavy atom. The maximum absolute atomic E-state index is 4.87. The summed E-state index contributed by atoms with van der Waals surface area (Å²) < 4.78 is 0. The summed E-state index contributed by atoms with van der Waals surface area (Å²) >= 11 is 0. The first-order chi connectivity index (χ1) is 20.1. The van der Waals surface area contributed by atoms with Crippen LogP contribution in [0.2, 0.25) is 0 Å². The third-order valence-corrected chi connectivity index (χ3v) is 9.23. The molecule has 0 saturated carbocycles. The number of benzene rings is 4. The number of aryl methyl sites for hydroxylation is 1. The van der Waals surface area contributed by atoms with E-state index in [9.17, 15) is 0 Å². The molecule has 4 aromatic carbocycles. The predicted octanol–water partition coefficient (Wildman–Crippen LogP) is 7.75. The van der Waals surface area contributed by atoms with Crippen molar-refractivity contribution in [3.63, 3.8) is 0 Å². The topological polar surface area (TPSA) is 38.7 Å². The molecule has 0 N–H and O–H groups in total. The number of hydrogen-bond donors (Lipinski definition) is 0. The summed E-state index contributed by atoms with van der Waals surface area (Å²) in [6.45, 7) is 4.60. The Morgan fingerprint density at radius 2 is 1.24 bits per heavy atom. The van der Waals surface area contributed by atoms with Crippen molar-refractivity contribution in [2.45, 2.75) is 32.1 Å². The Morgan fingerprint density at radius 3 is 2.00 bits per heavy atom. The molecule has 41 heavy (non-hydrogen) atoms. The van der Waals surface area contributed by atoms with Crippen molar-refractivity contribution >= 4 is 39.9 Å². The molecule has 4 unspecified atom stereocenters. The highest BCUT2D eigenvalue weighted by Crippen LogP contribution is 2.59. The van der Waals surface area contributed by atoms with Crippen molar-refractivity contribution in [3.8, 4) is 0 Å². The fourth-order valence-corrected chi connectivity index (χ4v) is 7.45. The van der Waals surface area contributed by atoms with Crippen LogP contribution in [0.1, 0.15) is 24.0 Å². The van der Waals surface area contributed by atoms with Crippen LogP contribution in [0, 0.1) is 12.8 Å². The molecule has 6 heteroatoms. The van der Waals surface area contributed by atoms with Crippen molar-refractivity contribution in [3.05, 3.63) is 127 Å². The van der Waals surface area contributed by atoms with Gasteiger partial charge in [0.15, 0.2) is 5.82 Å². The van der Waals surface area contributed by atoms with E-state index in [2.05, 4.69) is 149 Å². The SMILES string of the molecule is Cc1ccccc1N1c2ncncc2N(C)C1C1C(C)c2ccccc2N2c3ccccc3N(c3ccccc3)C12. The molecule has 0 spiro atoms. The Balaban J connectivity index is 1.40. The average Bonchev–Trinajstić information content (AvgIpc) is 3.51. The van der Waals surface area contributed by atoms with Gasteiger partial charge >= 0.3 is 0 Å². The fraction of sp³-hybridized carbons (Fsp3) is 0.200. The number of nitrogens with zero attached hydrogens (tertiary/aromatic N) is 6. The minimum Gasteiger partial charge on any atom is -0.349 e. The van der Waals surface area contributed by atoms with E-state index in [0.717, 1.165) is 11.5 Å². The number of fused-ring (bicyclic) bond motifs is 6. The standard InChI is InChI=1S/C35H32N6/c1-23-13-7-9-17-27(23)41-33-31(21-36-22-37-33)38(3)34(41)32-24(2)26-16-8-10-18-28(26)40-30-20-12-11-19-29(30)39(35(32)40)25-14-5-4-6-15-25/h4-22,24,32,34-35H,1-3H3. The second-order valence-corrected chi connectivity index (χ2v) is 11.3. The molecule has 0 aliphatic carbocycles. The van der Waals surface area contributed by atoms with Gasteiger partial charge < -0.3 is 19.6 Å². The first kappa shape index (κ1) is 24.0. The number of anilines is 7. The van der Waals surface area contributed by atoms with Crippen LogP contribution in [0.25, 0.3) is 0 Å². The van der Waals surface area contributed by atoms with Gasteiger partial charge in [0.2, 0.25) is 0 Å². The molecule has 0 amide bonds. The molecule has 0 bridgehead atoms. The van der Waals surface area contributed by atoms with Crippen molar-refractivity contribution in [2.75, 3.05) is 26.6 Å². The van der Waals surface area contributed by atoms with Crippen LogP contribution in [-0.2, 0) is 0 Å². The Kier molecular flexibility index (Phi) is 5.32. The molecule has 8 rings (SSSR count). The van der Waals surface area contributed by atoms with Crippen LogP contribution in [-0.4, -0.2) is 29.3 Å². The van der Waals surface area contributed by atoms with Gasteiger partial charge in [0.05, 0.1) is 17.6 Å². The largest absolute Gasteiger partial charge is 0.349 e. The van der Waals surface area contributed by atoms with Gasteiger partial charge in [-0.2, -0.15) is 0 Å². The van der Waals surface area contributed by atoms with Gasteiger partial charge in [-0.1, -0.05) is 73.7 Å². The van der Waals surface area contributed by atoms with Crippen molar-refractivity contribution in [2.24, 2.45) is 5.92 Å². The monoisotopic (exact) mass is 536 g/mol. The Bertz CT molecular complexity index is 1750. The molecule has 0 fully saturated rings. The van der Waals surface area contributed by atoms with Crippen molar-refractivity contribution in [1.82, 2.24) is 9.97 Å². The minimum absolute atomic E-state index is 0.000759. The number of rotatable bonds is 3. The first-order valence-electron chi connectivity index (χ1n) is 14.3. The molecule has 3 aliphatic rings. The van der Waals surface area contributed by atoms with Crippen LogP contribution in [0.4, 0.5) is 39.9 Å². The minimum atomic E-state index is -0.000759. The van der Waals surface area contributed by atoms with E-state index in [0.29, 0.717) is 0 Å². The van der Waals surface area contributed by atoms with E-state index in [1.807, 2.05) is 6.20 Å². The number of para-hydroxylation sites is 5. The molecule has 3 aliphatic heterocycles. The summed E-state index contributed by atoms with van der Waals surface area (Å²) in [5, 5.41) is 0. The molecular weight excluding hydrogens is 504 g/mol. The van der Waals surface area contributed by atoms with Crippen LogP contribution in [0.3, 0.4) is 0 Å². The third kappa shape index (κ3) is 3.37. The van der Waals surface area contributed by atoms with Crippen molar-refractivity contribution in [1.29, 1.82) is 0 Å². The average molecular weight is 537 g/mol. The van der Waals surface area contributed by atoms with E-state index in [1.165, 1.54) is 39.6 Å². The highest BCUT2D eigenvalue weighted by molar-refractivity contribution is 5.91. The fourth-order valence-electron chi connectivity index (χ4n) is 7.45. The molecule has 4 atom stereocenters. The maximum atomic E-state index is 4.87. The normalized spacial score (nSPS) is 22.3. The van der Waals surface area contributed by atoms with E-state index in [-0.39, 0.29) is 24.2 Å². The van der Waals surface area contributed by atoms with Crippen LogP contribution in [0.15, 0.2) is 116 Å². The van der Waals surface area contributed by atoms with Gasteiger partial charge in [0.1, 0.15) is 24.3 Å². The zero-order valence-corrected chi connectivity index (χ0v) is 23.5. The lowest BCUT2D eigenvalue weighted by Gasteiger charge is -2.51. The first-order valence-corrected chi connectivity index (χ1v) is 14.3. The summed E-state index contributed by atoms with van der Waals surface area (Å²) in [4.78, 5) is 19.3. The molecule has 5 aromatic rings. The summed E-state index contributed by atoms with van der Waals surface area (Å²) in [6.07, 6.45) is 3.68. The van der Waals surface area contributed by atoms with Gasteiger partial charge in [-0.25, -0.2) is 9.97 Å². The summed E-state index contributed by atoms with van der Waals surface area (Å²) in [6, 6.07) is 37.3. The number of aromatic nitrogens is 2. The Labute approximate surface area is 241 Å². The second kappa shape index (κ2) is 9.10. The maximum Gasteiger partial charge on any atom is 0.161 e. The zero-order valence-electron chi connectivity index (χ0n) is 23.5.